The maximum Gasteiger partial charge on any atom is 0.161 e. The van der Waals surface area contributed by atoms with Crippen LogP contribution < -0.4 is 5.32 Å². The summed E-state index contributed by atoms with van der Waals surface area (Å²) in [5, 5.41) is 2.96. The monoisotopic (exact) mass is 231 g/mol. The Bertz CT molecular complexity index is 532. The summed E-state index contributed by atoms with van der Waals surface area (Å²) in [5.41, 5.74) is 2.40. The van der Waals surface area contributed by atoms with Crippen molar-refractivity contribution >= 4 is 5.82 Å². The molecule has 1 N–H and O–H groups in total. The minimum absolute atomic E-state index is 0.267. The second-order valence-electron chi connectivity index (χ2n) is 3.99. The lowest BCUT2D eigenvalue weighted by molar-refractivity contribution is 0.627. The van der Waals surface area contributed by atoms with Crippen LogP contribution in [0.4, 0.5) is 10.2 Å². The molecule has 88 valence electrons. The molecule has 2 aromatic rings. The molecule has 0 unspecified atom stereocenters. The Morgan fingerprint density at radius 1 is 1.06 bits per heavy atom. The molecule has 0 spiro atoms. The van der Waals surface area contributed by atoms with Gasteiger partial charge in [-0.05, 0) is 37.6 Å². The van der Waals surface area contributed by atoms with Gasteiger partial charge in [0, 0.05) is 24.4 Å². The van der Waals surface area contributed by atoms with Crippen molar-refractivity contribution in [3.8, 4) is 11.4 Å². The maximum atomic E-state index is 13.3. The SMILES string of the molecule is CNc1cc(C)nc(-c2cc(C)cc(F)c2)n1. The van der Waals surface area contributed by atoms with Gasteiger partial charge in [-0.25, -0.2) is 14.4 Å². The number of benzene rings is 1. The van der Waals surface area contributed by atoms with E-state index in [0.717, 1.165) is 17.1 Å². The van der Waals surface area contributed by atoms with Crippen LogP contribution in [-0.4, -0.2) is 17.0 Å². The van der Waals surface area contributed by atoms with Crippen LogP contribution in [-0.2, 0) is 0 Å². The number of nitrogens with one attached hydrogen (secondary N) is 1. The molecule has 0 saturated heterocycles. The van der Waals surface area contributed by atoms with Gasteiger partial charge in [0.1, 0.15) is 11.6 Å². The van der Waals surface area contributed by atoms with E-state index in [-0.39, 0.29) is 5.82 Å². The molecule has 0 atom stereocenters. The fourth-order valence-electron chi connectivity index (χ4n) is 1.69. The zero-order chi connectivity index (χ0) is 12.4. The molecule has 0 aliphatic heterocycles. The topological polar surface area (TPSA) is 37.8 Å². The number of hydrogen-bond acceptors (Lipinski definition) is 3. The molecule has 0 fully saturated rings. The molecular weight excluding hydrogens is 217 g/mol. The third kappa shape index (κ3) is 2.58. The van der Waals surface area contributed by atoms with Crippen molar-refractivity contribution in [2.75, 3.05) is 12.4 Å². The van der Waals surface area contributed by atoms with E-state index in [1.165, 1.54) is 12.1 Å². The molecule has 0 bridgehead atoms. The summed E-state index contributed by atoms with van der Waals surface area (Å²) in [7, 11) is 1.79. The van der Waals surface area contributed by atoms with Gasteiger partial charge < -0.3 is 5.32 Å². The van der Waals surface area contributed by atoms with Crippen molar-refractivity contribution < 1.29 is 4.39 Å². The fourth-order valence-corrected chi connectivity index (χ4v) is 1.69. The smallest absolute Gasteiger partial charge is 0.161 e. The van der Waals surface area contributed by atoms with E-state index in [2.05, 4.69) is 15.3 Å². The fraction of sp³-hybridized carbons (Fsp3) is 0.231. The average molecular weight is 231 g/mol. The summed E-state index contributed by atoms with van der Waals surface area (Å²) in [6.07, 6.45) is 0. The minimum Gasteiger partial charge on any atom is -0.373 e. The highest BCUT2D eigenvalue weighted by Crippen LogP contribution is 2.20. The van der Waals surface area contributed by atoms with E-state index in [4.69, 9.17) is 0 Å². The Labute approximate surface area is 99.7 Å². The van der Waals surface area contributed by atoms with Crippen LogP contribution >= 0.6 is 0 Å². The molecule has 0 saturated carbocycles. The van der Waals surface area contributed by atoms with Gasteiger partial charge in [-0.1, -0.05) is 0 Å². The number of hydrogen-bond donors (Lipinski definition) is 1. The van der Waals surface area contributed by atoms with Crippen LogP contribution in [0.5, 0.6) is 0 Å². The summed E-state index contributed by atoms with van der Waals surface area (Å²) < 4.78 is 13.3. The normalized spacial score (nSPS) is 10.4. The lowest BCUT2D eigenvalue weighted by atomic mass is 10.1. The van der Waals surface area contributed by atoms with Gasteiger partial charge in [-0.3, -0.25) is 0 Å². The Morgan fingerprint density at radius 3 is 2.47 bits per heavy atom. The van der Waals surface area contributed by atoms with Crippen LogP contribution in [0.25, 0.3) is 11.4 Å². The summed E-state index contributed by atoms with van der Waals surface area (Å²) in [6.45, 7) is 3.74. The number of nitrogens with zero attached hydrogens (tertiary/aromatic N) is 2. The summed E-state index contributed by atoms with van der Waals surface area (Å²) in [5.74, 6) is 1.00. The van der Waals surface area contributed by atoms with Crippen LogP contribution in [0.15, 0.2) is 24.3 Å². The largest absolute Gasteiger partial charge is 0.373 e. The third-order valence-electron chi connectivity index (χ3n) is 2.41. The van der Waals surface area contributed by atoms with E-state index >= 15 is 0 Å². The molecule has 1 aromatic heterocycles. The quantitative estimate of drug-likeness (QED) is 0.863. The first kappa shape index (κ1) is 11.5. The van der Waals surface area contributed by atoms with Crippen molar-refractivity contribution in [2.45, 2.75) is 13.8 Å². The molecule has 3 nitrogen and oxygen atoms in total. The van der Waals surface area contributed by atoms with Gasteiger partial charge in [0.15, 0.2) is 5.82 Å². The molecule has 0 aliphatic carbocycles. The van der Waals surface area contributed by atoms with Crippen LogP contribution in [0.3, 0.4) is 0 Å². The zero-order valence-corrected chi connectivity index (χ0v) is 10.1. The van der Waals surface area contributed by atoms with E-state index in [0.29, 0.717) is 11.4 Å². The second-order valence-corrected chi connectivity index (χ2v) is 3.99. The lowest BCUT2D eigenvalue weighted by Crippen LogP contribution is -1.99. The second kappa shape index (κ2) is 4.49. The Morgan fingerprint density at radius 2 is 1.82 bits per heavy atom. The van der Waals surface area contributed by atoms with E-state index in [1.807, 2.05) is 26.0 Å². The standard InChI is InChI=1S/C13H14FN3/c1-8-4-10(7-11(14)5-8)13-16-9(2)6-12(15-3)17-13/h4-7H,1-3H3,(H,15,16,17). The van der Waals surface area contributed by atoms with Crippen LogP contribution in [0.2, 0.25) is 0 Å². The first-order valence-corrected chi connectivity index (χ1v) is 5.39. The van der Waals surface area contributed by atoms with Crippen molar-refractivity contribution in [2.24, 2.45) is 0 Å². The van der Waals surface area contributed by atoms with Crippen molar-refractivity contribution in [3.05, 3.63) is 41.3 Å². The van der Waals surface area contributed by atoms with Gasteiger partial charge in [0.05, 0.1) is 0 Å². The van der Waals surface area contributed by atoms with E-state index in [1.54, 1.807) is 7.05 Å². The molecule has 1 heterocycles. The zero-order valence-electron chi connectivity index (χ0n) is 10.1. The van der Waals surface area contributed by atoms with Crippen LogP contribution in [0, 0.1) is 19.7 Å². The molecule has 0 radical (unpaired) electrons. The molecule has 4 heteroatoms. The lowest BCUT2D eigenvalue weighted by Gasteiger charge is -2.06. The van der Waals surface area contributed by atoms with Crippen molar-refractivity contribution in [3.63, 3.8) is 0 Å². The number of halogens is 1. The highest BCUT2D eigenvalue weighted by Gasteiger charge is 2.06. The van der Waals surface area contributed by atoms with Crippen molar-refractivity contribution in [1.29, 1.82) is 0 Å². The predicted molar refractivity (Wildman–Crippen MR) is 66.4 cm³/mol. The first-order chi connectivity index (χ1) is 8.08. The summed E-state index contributed by atoms with van der Waals surface area (Å²) >= 11 is 0. The van der Waals surface area contributed by atoms with Gasteiger partial charge in [-0.2, -0.15) is 0 Å². The molecule has 17 heavy (non-hydrogen) atoms. The van der Waals surface area contributed by atoms with Gasteiger partial charge in [-0.15, -0.1) is 0 Å². The number of aromatic nitrogens is 2. The number of anilines is 1. The average Bonchev–Trinajstić information content (AvgIpc) is 2.26. The van der Waals surface area contributed by atoms with Gasteiger partial charge >= 0.3 is 0 Å². The summed E-state index contributed by atoms with van der Waals surface area (Å²) in [4.78, 5) is 8.63. The molecule has 0 amide bonds. The molecule has 2 rings (SSSR count). The van der Waals surface area contributed by atoms with E-state index < -0.39 is 0 Å². The minimum atomic E-state index is -0.267. The third-order valence-corrected chi connectivity index (χ3v) is 2.41. The molecule has 0 aliphatic rings. The highest BCUT2D eigenvalue weighted by atomic mass is 19.1. The van der Waals surface area contributed by atoms with E-state index in [9.17, 15) is 4.39 Å². The van der Waals surface area contributed by atoms with Gasteiger partial charge in [0.2, 0.25) is 0 Å². The first-order valence-electron chi connectivity index (χ1n) is 5.39. The Kier molecular flexibility index (Phi) is 3.04. The number of rotatable bonds is 2. The molecule has 1 aromatic carbocycles. The Hall–Kier alpha value is -1.97. The predicted octanol–water partition coefficient (Wildman–Crippen LogP) is 2.94. The van der Waals surface area contributed by atoms with Gasteiger partial charge in [0.25, 0.3) is 0 Å². The maximum absolute atomic E-state index is 13.3. The molecular formula is C13H14FN3. The number of aryl methyl sites for hydroxylation is 2. The van der Waals surface area contributed by atoms with Crippen LogP contribution in [0.1, 0.15) is 11.3 Å². The summed E-state index contributed by atoms with van der Waals surface area (Å²) in [6, 6.07) is 6.65. The Balaban J connectivity index is 2.55. The van der Waals surface area contributed by atoms with Crippen molar-refractivity contribution in [1.82, 2.24) is 9.97 Å². The highest BCUT2D eigenvalue weighted by molar-refractivity contribution is 5.58.